The van der Waals surface area contributed by atoms with Crippen LogP contribution in [0.5, 0.6) is 0 Å². The van der Waals surface area contributed by atoms with Crippen molar-refractivity contribution in [2.75, 3.05) is 13.1 Å². The molecule has 0 unspecified atom stereocenters. The van der Waals surface area contributed by atoms with Crippen LogP contribution >= 0.6 is 11.6 Å². The van der Waals surface area contributed by atoms with E-state index in [0.29, 0.717) is 12.8 Å². The van der Waals surface area contributed by atoms with Crippen molar-refractivity contribution in [1.82, 2.24) is 19.6 Å². The maximum Gasteiger partial charge on any atom is 0.246 e. The first kappa shape index (κ1) is 19.7. The van der Waals surface area contributed by atoms with Gasteiger partial charge in [0.05, 0.1) is 6.04 Å². The fourth-order valence-corrected chi connectivity index (χ4v) is 5.01. The highest BCUT2D eigenvalue weighted by molar-refractivity contribution is 7.89. The summed E-state index contributed by atoms with van der Waals surface area (Å²) < 4.78 is 26.8. The molecule has 3 heterocycles. The Kier molecular flexibility index (Phi) is 6.08. The molecule has 1 N–H and O–H groups in total. The van der Waals surface area contributed by atoms with Crippen LogP contribution in [0.3, 0.4) is 0 Å². The summed E-state index contributed by atoms with van der Waals surface area (Å²) in [6, 6.07) is 6.56. The second-order valence-corrected chi connectivity index (χ2v) is 8.75. The molecule has 1 atom stereocenters. The van der Waals surface area contributed by atoms with Crippen LogP contribution in [0.1, 0.15) is 31.4 Å². The van der Waals surface area contributed by atoms with Gasteiger partial charge in [-0.15, -0.1) is 0 Å². The number of rotatable bonds is 5. The molecule has 9 heteroatoms. The van der Waals surface area contributed by atoms with Crippen molar-refractivity contribution in [2.45, 2.75) is 30.7 Å². The molecule has 0 saturated carbocycles. The number of piperidine rings is 1. The van der Waals surface area contributed by atoms with E-state index in [1.165, 1.54) is 16.6 Å². The lowest BCUT2D eigenvalue weighted by Gasteiger charge is -2.31. The Hall–Kier alpha value is -2.03. The van der Waals surface area contributed by atoms with Crippen molar-refractivity contribution < 1.29 is 13.2 Å². The van der Waals surface area contributed by atoms with E-state index in [1.54, 1.807) is 18.5 Å². The second-order valence-electron chi connectivity index (χ2n) is 6.49. The zero-order chi connectivity index (χ0) is 19.4. The van der Waals surface area contributed by atoms with Gasteiger partial charge in [-0.25, -0.2) is 13.4 Å². The zero-order valence-corrected chi connectivity index (χ0v) is 16.4. The van der Waals surface area contributed by atoms with Crippen LogP contribution < -0.4 is 5.32 Å². The summed E-state index contributed by atoms with van der Waals surface area (Å²) >= 11 is 5.94. The van der Waals surface area contributed by atoms with Gasteiger partial charge < -0.3 is 5.32 Å². The van der Waals surface area contributed by atoms with E-state index < -0.39 is 10.0 Å². The largest absolute Gasteiger partial charge is 0.349 e. The fraction of sp³-hybridized carbons (Fsp3) is 0.389. The van der Waals surface area contributed by atoms with E-state index in [2.05, 4.69) is 15.3 Å². The molecule has 0 aliphatic carbocycles. The third-order valence-corrected chi connectivity index (χ3v) is 7.05. The van der Waals surface area contributed by atoms with Crippen molar-refractivity contribution in [1.29, 1.82) is 0 Å². The molecule has 144 valence electrons. The maximum atomic E-state index is 12.7. The lowest BCUT2D eigenvalue weighted by molar-refractivity contribution is -0.126. The molecule has 2 aromatic heterocycles. The number of halogens is 1. The Bertz CT molecular complexity index is 900. The molecule has 1 aliphatic rings. The van der Waals surface area contributed by atoms with E-state index in [0.717, 1.165) is 5.56 Å². The van der Waals surface area contributed by atoms with Gasteiger partial charge in [0, 0.05) is 37.6 Å². The number of aromatic nitrogens is 2. The number of pyridine rings is 2. The normalized spacial score (nSPS) is 17.4. The summed E-state index contributed by atoms with van der Waals surface area (Å²) in [6.07, 6.45) is 5.77. The average Bonchev–Trinajstić information content (AvgIpc) is 2.69. The molecule has 7 nitrogen and oxygen atoms in total. The first-order chi connectivity index (χ1) is 12.9. The molecule has 1 amide bonds. The summed E-state index contributed by atoms with van der Waals surface area (Å²) in [7, 11) is -3.71. The third-order valence-electron chi connectivity index (χ3n) is 4.71. The maximum absolute atomic E-state index is 12.7. The Morgan fingerprint density at radius 3 is 2.59 bits per heavy atom. The number of sulfonamides is 1. The van der Waals surface area contributed by atoms with Crippen LogP contribution in [-0.4, -0.2) is 41.7 Å². The van der Waals surface area contributed by atoms with E-state index in [9.17, 15) is 13.2 Å². The van der Waals surface area contributed by atoms with E-state index in [4.69, 9.17) is 11.6 Å². The molecule has 0 aromatic carbocycles. The van der Waals surface area contributed by atoms with E-state index in [-0.39, 0.29) is 41.0 Å². The van der Waals surface area contributed by atoms with Gasteiger partial charge in [0.2, 0.25) is 15.9 Å². The molecule has 0 bridgehead atoms. The molecule has 0 radical (unpaired) electrons. The smallest absolute Gasteiger partial charge is 0.246 e. The van der Waals surface area contributed by atoms with E-state index in [1.807, 2.05) is 19.1 Å². The van der Waals surface area contributed by atoms with Crippen molar-refractivity contribution in [2.24, 2.45) is 5.92 Å². The van der Waals surface area contributed by atoms with Crippen LogP contribution in [-0.2, 0) is 14.8 Å². The predicted molar refractivity (Wildman–Crippen MR) is 102 cm³/mol. The minimum absolute atomic E-state index is 0.000215. The fourth-order valence-electron chi connectivity index (χ4n) is 3.11. The van der Waals surface area contributed by atoms with Crippen molar-refractivity contribution >= 4 is 27.5 Å². The third kappa shape index (κ3) is 4.45. The van der Waals surface area contributed by atoms with Gasteiger partial charge in [0.15, 0.2) is 0 Å². The minimum Gasteiger partial charge on any atom is -0.349 e. The Labute approximate surface area is 163 Å². The van der Waals surface area contributed by atoms with Gasteiger partial charge >= 0.3 is 0 Å². The topological polar surface area (TPSA) is 92.3 Å². The summed E-state index contributed by atoms with van der Waals surface area (Å²) in [5.41, 5.74) is 0.928. The zero-order valence-electron chi connectivity index (χ0n) is 14.9. The van der Waals surface area contributed by atoms with Crippen molar-refractivity contribution in [3.8, 4) is 0 Å². The number of carbonyl (C=O) groups is 1. The number of carbonyl (C=O) groups excluding carboxylic acids is 1. The highest BCUT2D eigenvalue weighted by Crippen LogP contribution is 2.27. The Balaban J connectivity index is 1.60. The molecule has 1 saturated heterocycles. The summed E-state index contributed by atoms with van der Waals surface area (Å²) in [6.45, 7) is 2.44. The molecule has 1 aliphatic heterocycles. The van der Waals surface area contributed by atoms with Crippen molar-refractivity contribution in [3.05, 3.63) is 53.6 Å². The molecule has 3 rings (SSSR count). The Morgan fingerprint density at radius 2 is 1.96 bits per heavy atom. The molecular weight excluding hydrogens is 388 g/mol. The van der Waals surface area contributed by atoms with Gasteiger partial charge in [0.1, 0.15) is 10.0 Å². The van der Waals surface area contributed by atoms with E-state index >= 15 is 0 Å². The lowest BCUT2D eigenvalue weighted by atomic mass is 9.96. The highest BCUT2D eigenvalue weighted by Gasteiger charge is 2.33. The molecule has 1 fully saturated rings. The first-order valence-corrected chi connectivity index (χ1v) is 10.5. The lowest BCUT2D eigenvalue weighted by Crippen LogP contribution is -2.43. The number of amides is 1. The Morgan fingerprint density at radius 1 is 1.26 bits per heavy atom. The summed E-state index contributed by atoms with van der Waals surface area (Å²) in [5.74, 6) is -0.289. The molecule has 2 aromatic rings. The molecular formula is C18H21ClN4O3S. The minimum atomic E-state index is -3.71. The van der Waals surface area contributed by atoms with Gasteiger partial charge in [-0.3, -0.25) is 9.78 Å². The number of nitrogens with zero attached hydrogens (tertiary/aromatic N) is 3. The number of hydrogen-bond donors (Lipinski definition) is 1. The number of hydrogen-bond acceptors (Lipinski definition) is 5. The van der Waals surface area contributed by atoms with Crippen LogP contribution in [0.2, 0.25) is 5.15 Å². The van der Waals surface area contributed by atoms with Crippen LogP contribution in [0, 0.1) is 5.92 Å². The number of nitrogens with one attached hydrogen (secondary N) is 1. The van der Waals surface area contributed by atoms with Gasteiger partial charge in [-0.1, -0.05) is 17.7 Å². The predicted octanol–water partition coefficient (Wildman–Crippen LogP) is 2.41. The SMILES string of the molecule is C[C@@H](NC(=O)C1CCN(S(=O)(=O)c2cccnc2Cl)CC1)c1cccnc1. The monoisotopic (exact) mass is 408 g/mol. The average molecular weight is 409 g/mol. The van der Waals surface area contributed by atoms with Gasteiger partial charge in [-0.05, 0) is 43.5 Å². The molecule has 0 spiro atoms. The standard InChI is InChI=1S/C18H21ClN4O3S/c1-13(15-4-2-8-20-12-15)22-18(24)14-6-10-23(11-7-14)27(25,26)16-5-3-9-21-17(16)19/h2-5,8-9,12-14H,6-7,10-11H2,1H3,(H,22,24)/t13-/m1/s1. The van der Waals surface area contributed by atoms with Crippen LogP contribution in [0.25, 0.3) is 0 Å². The van der Waals surface area contributed by atoms with Crippen LogP contribution in [0.4, 0.5) is 0 Å². The summed E-state index contributed by atoms with van der Waals surface area (Å²) in [5, 5.41) is 2.94. The van der Waals surface area contributed by atoms with Gasteiger partial charge in [-0.2, -0.15) is 4.31 Å². The first-order valence-electron chi connectivity index (χ1n) is 8.70. The quantitative estimate of drug-likeness (QED) is 0.767. The summed E-state index contributed by atoms with van der Waals surface area (Å²) in [4.78, 5) is 20.4. The van der Waals surface area contributed by atoms with Crippen LogP contribution in [0.15, 0.2) is 47.8 Å². The van der Waals surface area contributed by atoms with Crippen molar-refractivity contribution in [3.63, 3.8) is 0 Å². The highest BCUT2D eigenvalue weighted by atomic mass is 35.5. The molecule has 27 heavy (non-hydrogen) atoms. The van der Waals surface area contributed by atoms with Gasteiger partial charge in [0.25, 0.3) is 0 Å². The second kappa shape index (κ2) is 8.33.